The van der Waals surface area contributed by atoms with Gasteiger partial charge < -0.3 is 0 Å². The first-order chi connectivity index (χ1) is 5.29. The number of hydrogen-bond acceptors (Lipinski definition) is 2. The van der Waals surface area contributed by atoms with Crippen molar-refractivity contribution in [1.82, 2.24) is 5.32 Å². The Bertz CT molecular complexity index is 316. The molecular weight excluding hydrogens is 222 g/mol. The highest BCUT2D eigenvalue weighted by molar-refractivity contribution is 8.93. The number of carbonyl (C=O) groups excluding carboxylic acids is 2. The fourth-order valence-electron chi connectivity index (χ4n) is 1.12. The first-order valence-corrected chi connectivity index (χ1v) is 3.24. The van der Waals surface area contributed by atoms with Crippen LogP contribution < -0.4 is 5.32 Å². The molecule has 0 radical (unpaired) electrons. The summed E-state index contributed by atoms with van der Waals surface area (Å²) in [6, 6.07) is 6.74. The third-order valence-corrected chi connectivity index (χ3v) is 1.64. The van der Waals surface area contributed by atoms with Gasteiger partial charge in [0.05, 0.1) is 11.1 Å². The van der Waals surface area contributed by atoms with Crippen molar-refractivity contribution in [2.24, 2.45) is 0 Å². The smallest absolute Gasteiger partial charge is 0.258 e. The van der Waals surface area contributed by atoms with E-state index in [0.29, 0.717) is 11.1 Å². The molecule has 0 aromatic heterocycles. The molecule has 0 aliphatic carbocycles. The largest absolute Gasteiger partial charge is 0.288 e. The van der Waals surface area contributed by atoms with Crippen molar-refractivity contribution in [3.05, 3.63) is 35.4 Å². The summed E-state index contributed by atoms with van der Waals surface area (Å²) in [6.45, 7) is 0. The second kappa shape index (κ2) is 3.06. The maximum atomic E-state index is 10.9. The van der Waals surface area contributed by atoms with Crippen LogP contribution in [-0.4, -0.2) is 11.8 Å². The molecule has 2 rings (SSSR count). The van der Waals surface area contributed by atoms with E-state index in [1.54, 1.807) is 24.3 Å². The molecule has 0 saturated heterocycles. The number of hydrogen-bond donors (Lipinski definition) is 1. The molecule has 1 aromatic rings. The van der Waals surface area contributed by atoms with Gasteiger partial charge in [-0.1, -0.05) is 12.1 Å². The van der Waals surface area contributed by atoms with Crippen molar-refractivity contribution in [2.45, 2.75) is 0 Å². The van der Waals surface area contributed by atoms with Crippen LogP contribution in [0.5, 0.6) is 0 Å². The number of nitrogens with one attached hydrogen (secondary N) is 1. The lowest BCUT2D eigenvalue weighted by Crippen LogP contribution is -2.19. The molecule has 0 atom stereocenters. The summed E-state index contributed by atoms with van der Waals surface area (Å²) in [5, 5.41) is 2.20. The van der Waals surface area contributed by atoms with Crippen LogP contribution in [0.2, 0.25) is 0 Å². The number of rotatable bonds is 0. The monoisotopic (exact) mass is 227 g/mol. The van der Waals surface area contributed by atoms with Gasteiger partial charge in [-0.25, -0.2) is 0 Å². The number of amides is 2. The standard InChI is InChI=1S/C8H5NO2.BrH/c10-7-5-3-1-2-4-6(5)8(11)9-7;/h1-4H,(H,9,10,11);1H. The molecular formula is C8H6BrNO2. The Morgan fingerprint density at radius 3 is 1.75 bits per heavy atom. The minimum atomic E-state index is -0.300. The summed E-state index contributed by atoms with van der Waals surface area (Å²) in [4.78, 5) is 21.9. The molecule has 3 nitrogen and oxygen atoms in total. The Hall–Kier alpha value is -1.16. The molecule has 1 aliphatic rings. The number of carbonyl (C=O) groups is 2. The zero-order valence-electron chi connectivity index (χ0n) is 6.03. The summed E-state index contributed by atoms with van der Waals surface area (Å²) < 4.78 is 0. The third kappa shape index (κ3) is 1.14. The van der Waals surface area contributed by atoms with Crippen molar-refractivity contribution >= 4 is 28.8 Å². The van der Waals surface area contributed by atoms with E-state index in [1.807, 2.05) is 0 Å². The highest BCUT2D eigenvalue weighted by Gasteiger charge is 2.25. The summed E-state index contributed by atoms with van der Waals surface area (Å²) >= 11 is 0. The quantitative estimate of drug-likeness (QED) is 0.677. The summed E-state index contributed by atoms with van der Waals surface area (Å²) in [5.74, 6) is -0.601. The molecule has 2 amide bonds. The summed E-state index contributed by atoms with van der Waals surface area (Å²) in [5.41, 5.74) is 0.940. The Labute approximate surface area is 79.5 Å². The van der Waals surface area contributed by atoms with E-state index in [9.17, 15) is 9.59 Å². The van der Waals surface area contributed by atoms with Crippen LogP contribution in [0.1, 0.15) is 20.7 Å². The van der Waals surface area contributed by atoms with Gasteiger partial charge in [-0.3, -0.25) is 14.9 Å². The molecule has 62 valence electrons. The summed E-state index contributed by atoms with van der Waals surface area (Å²) in [6.07, 6.45) is 0. The number of benzene rings is 1. The molecule has 0 unspecified atom stereocenters. The zero-order chi connectivity index (χ0) is 7.84. The van der Waals surface area contributed by atoms with Crippen LogP contribution >= 0.6 is 17.0 Å². The molecule has 0 saturated carbocycles. The van der Waals surface area contributed by atoms with Crippen molar-refractivity contribution < 1.29 is 9.59 Å². The Kier molecular flexibility index (Phi) is 2.28. The molecule has 1 aromatic carbocycles. The second-order valence-electron chi connectivity index (χ2n) is 2.33. The molecule has 4 heteroatoms. The van der Waals surface area contributed by atoms with E-state index in [1.165, 1.54) is 0 Å². The van der Waals surface area contributed by atoms with Gasteiger partial charge in [0.1, 0.15) is 0 Å². The van der Waals surface area contributed by atoms with Gasteiger partial charge in [-0.2, -0.15) is 0 Å². The van der Waals surface area contributed by atoms with Crippen LogP contribution in [0.4, 0.5) is 0 Å². The first-order valence-electron chi connectivity index (χ1n) is 3.24. The molecule has 1 N–H and O–H groups in total. The van der Waals surface area contributed by atoms with Gasteiger partial charge >= 0.3 is 0 Å². The third-order valence-electron chi connectivity index (χ3n) is 1.64. The Morgan fingerprint density at radius 1 is 0.917 bits per heavy atom. The van der Waals surface area contributed by atoms with Gasteiger partial charge in [0.15, 0.2) is 0 Å². The van der Waals surface area contributed by atoms with E-state index in [-0.39, 0.29) is 28.8 Å². The van der Waals surface area contributed by atoms with Crippen molar-refractivity contribution in [3.8, 4) is 0 Å². The average molecular weight is 228 g/mol. The zero-order valence-corrected chi connectivity index (χ0v) is 7.75. The van der Waals surface area contributed by atoms with Crippen LogP contribution in [0, 0.1) is 0 Å². The van der Waals surface area contributed by atoms with Crippen LogP contribution in [0.3, 0.4) is 0 Å². The highest BCUT2D eigenvalue weighted by atomic mass is 79.9. The van der Waals surface area contributed by atoms with Gasteiger partial charge in [-0.15, -0.1) is 17.0 Å². The average Bonchev–Trinajstić information content (AvgIpc) is 2.30. The lowest BCUT2D eigenvalue weighted by atomic mass is 10.1. The molecule has 0 fully saturated rings. The van der Waals surface area contributed by atoms with E-state index in [2.05, 4.69) is 5.32 Å². The van der Waals surface area contributed by atoms with E-state index < -0.39 is 0 Å². The maximum Gasteiger partial charge on any atom is 0.258 e. The van der Waals surface area contributed by atoms with E-state index in [4.69, 9.17) is 0 Å². The fraction of sp³-hybridized carbons (Fsp3) is 0. The number of fused-ring (bicyclic) bond motifs is 1. The van der Waals surface area contributed by atoms with Gasteiger partial charge in [0, 0.05) is 0 Å². The number of halogens is 1. The van der Waals surface area contributed by atoms with Crippen molar-refractivity contribution in [1.29, 1.82) is 0 Å². The highest BCUT2D eigenvalue weighted by Crippen LogP contribution is 2.13. The van der Waals surface area contributed by atoms with Crippen molar-refractivity contribution in [3.63, 3.8) is 0 Å². The van der Waals surface area contributed by atoms with Crippen LogP contribution in [-0.2, 0) is 0 Å². The lowest BCUT2D eigenvalue weighted by molar-refractivity contribution is 0.0879. The van der Waals surface area contributed by atoms with Gasteiger partial charge in [0.25, 0.3) is 11.8 Å². The second-order valence-corrected chi connectivity index (χ2v) is 2.33. The van der Waals surface area contributed by atoms with E-state index in [0.717, 1.165) is 0 Å². The first kappa shape index (κ1) is 8.93. The molecule has 1 aliphatic heterocycles. The minimum Gasteiger partial charge on any atom is -0.288 e. The number of imide groups is 1. The molecule has 12 heavy (non-hydrogen) atoms. The predicted molar refractivity (Wildman–Crippen MR) is 48.6 cm³/mol. The van der Waals surface area contributed by atoms with Crippen molar-refractivity contribution in [2.75, 3.05) is 0 Å². The molecule has 0 bridgehead atoms. The van der Waals surface area contributed by atoms with Crippen LogP contribution in [0.15, 0.2) is 24.3 Å². The molecule has 0 spiro atoms. The predicted octanol–water partition coefficient (Wildman–Crippen LogP) is 1.15. The summed E-state index contributed by atoms with van der Waals surface area (Å²) in [7, 11) is 0. The SMILES string of the molecule is Br.O=C1NC(=O)c2ccccc21. The fourth-order valence-corrected chi connectivity index (χ4v) is 1.12. The Morgan fingerprint density at radius 2 is 1.33 bits per heavy atom. The van der Waals surface area contributed by atoms with Gasteiger partial charge in [-0.05, 0) is 12.1 Å². The Balaban J connectivity index is 0.000000720. The normalized spacial score (nSPS) is 13.3. The van der Waals surface area contributed by atoms with E-state index >= 15 is 0 Å². The minimum absolute atomic E-state index is 0. The lowest BCUT2D eigenvalue weighted by Gasteiger charge is -1.88. The molecule has 1 heterocycles. The van der Waals surface area contributed by atoms with Crippen LogP contribution in [0.25, 0.3) is 0 Å². The topological polar surface area (TPSA) is 46.2 Å². The maximum absolute atomic E-state index is 10.9. The van der Waals surface area contributed by atoms with Gasteiger partial charge in [0.2, 0.25) is 0 Å².